The summed E-state index contributed by atoms with van der Waals surface area (Å²) in [7, 11) is 0. The third kappa shape index (κ3) is 2.62. The van der Waals surface area contributed by atoms with Gasteiger partial charge in [0.15, 0.2) is 5.69 Å². The molecule has 0 aliphatic heterocycles. The molecule has 0 amide bonds. The van der Waals surface area contributed by atoms with Gasteiger partial charge in [0.05, 0.1) is 18.3 Å². The number of carbonyl (C=O) groups is 1. The van der Waals surface area contributed by atoms with E-state index in [0.29, 0.717) is 18.0 Å². The Bertz CT molecular complexity index is 561. The van der Waals surface area contributed by atoms with Crippen LogP contribution in [0.2, 0.25) is 0 Å². The van der Waals surface area contributed by atoms with E-state index in [2.05, 4.69) is 0 Å². The molecule has 0 fully saturated rings. The molecule has 0 aliphatic rings. The zero-order valence-electron chi connectivity index (χ0n) is 11.2. The first kappa shape index (κ1) is 13.2. The summed E-state index contributed by atoms with van der Waals surface area (Å²) in [5.41, 5.74) is 7.84. The van der Waals surface area contributed by atoms with Gasteiger partial charge in [0.25, 0.3) is 0 Å². The Morgan fingerprint density at radius 3 is 2.63 bits per heavy atom. The Hall–Kier alpha value is -2.23. The average molecular weight is 258 g/mol. The number of aromatic nitrogens is 1. The number of anilines is 1. The number of hydrogen-bond donors (Lipinski definition) is 1. The Morgan fingerprint density at radius 1 is 1.32 bits per heavy atom. The summed E-state index contributed by atoms with van der Waals surface area (Å²) in [6, 6.07) is 11.7. The van der Waals surface area contributed by atoms with Gasteiger partial charge in [-0.25, -0.2) is 4.79 Å². The third-order valence-electron chi connectivity index (χ3n) is 3.11. The van der Waals surface area contributed by atoms with Crippen molar-refractivity contribution >= 4 is 11.7 Å². The highest BCUT2D eigenvalue weighted by Crippen LogP contribution is 2.24. The van der Waals surface area contributed by atoms with E-state index < -0.39 is 0 Å². The SMILES string of the molecule is CCOC(=O)c1c(N)ccn1C(C)c1ccccc1. The molecule has 2 aromatic rings. The van der Waals surface area contributed by atoms with Crippen LogP contribution >= 0.6 is 0 Å². The van der Waals surface area contributed by atoms with Crippen LogP contribution in [0.5, 0.6) is 0 Å². The highest BCUT2D eigenvalue weighted by atomic mass is 16.5. The van der Waals surface area contributed by atoms with Crippen molar-refractivity contribution in [1.29, 1.82) is 0 Å². The van der Waals surface area contributed by atoms with Crippen molar-refractivity contribution in [2.75, 3.05) is 12.3 Å². The van der Waals surface area contributed by atoms with Gasteiger partial charge in [0, 0.05) is 6.20 Å². The van der Waals surface area contributed by atoms with Crippen LogP contribution in [0, 0.1) is 0 Å². The highest BCUT2D eigenvalue weighted by molar-refractivity contribution is 5.93. The molecule has 1 aromatic heterocycles. The molecular weight excluding hydrogens is 240 g/mol. The number of nitrogens with zero attached hydrogens (tertiary/aromatic N) is 1. The van der Waals surface area contributed by atoms with E-state index in [0.717, 1.165) is 5.56 Å². The molecule has 1 unspecified atom stereocenters. The summed E-state index contributed by atoms with van der Waals surface area (Å²) in [6.07, 6.45) is 1.82. The van der Waals surface area contributed by atoms with E-state index in [9.17, 15) is 4.79 Å². The minimum absolute atomic E-state index is 0.0258. The molecule has 0 aliphatic carbocycles. The molecule has 0 bridgehead atoms. The van der Waals surface area contributed by atoms with Crippen molar-refractivity contribution in [2.45, 2.75) is 19.9 Å². The summed E-state index contributed by atoms with van der Waals surface area (Å²) < 4.78 is 6.90. The lowest BCUT2D eigenvalue weighted by Crippen LogP contribution is -2.17. The molecule has 2 rings (SSSR count). The first-order valence-electron chi connectivity index (χ1n) is 6.33. The van der Waals surface area contributed by atoms with E-state index in [1.807, 2.05) is 48.0 Å². The second-order valence-electron chi connectivity index (χ2n) is 4.33. The number of carbonyl (C=O) groups excluding carboxylic acids is 1. The third-order valence-corrected chi connectivity index (χ3v) is 3.11. The normalized spacial score (nSPS) is 12.1. The van der Waals surface area contributed by atoms with Crippen LogP contribution in [-0.2, 0) is 4.74 Å². The summed E-state index contributed by atoms with van der Waals surface area (Å²) in [4.78, 5) is 12.0. The number of rotatable bonds is 4. The van der Waals surface area contributed by atoms with Crippen LogP contribution in [0.4, 0.5) is 5.69 Å². The number of nitrogen functional groups attached to an aromatic ring is 1. The fourth-order valence-electron chi connectivity index (χ4n) is 2.10. The van der Waals surface area contributed by atoms with Gasteiger partial charge in [0.2, 0.25) is 0 Å². The van der Waals surface area contributed by atoms with Crippen LogP contribution in [0.1, 0.15) is 35.9 Å². The number of ether oxygens (including phenoxy) is 1. The van der Waals surface area contributed by atoms with Gasteiger partial charge >= 0.3 is 5.97 Å². The van der Waals surface area contributed by atoms with Gasteiger partial charge in [-0.05, 0) is 25.5 Å². The molecule has 19 heavy (non-hydrogen) atoms. The summed E-state index contributed by atoms with van der Waals surface area (Å²) >= 11 is 0. The molecule has 4 nitrogen and oxygen atoms in total. The molecule has 1 atom stereocenters. The van der Waals surface area contributed by atoms with E-state index >= 15 is 0 Å². The van der Waals surface area contributed by atoms with Crippen molar-refractivity contribution in [3.05, 3.63) is 53.9 Å². The minimum Gasteiger partial charge on any atom is -0.461 e. The lowest BCUT2D eigenvalue weighted by atomic mass is 10.1. The number of hydrogen-bond acceptors (Lipinski definition) is 3. The molecule has 0 spiro atoms. The van der Waals surface area contributed by atoms with Gasteiger partial charge in [-0.15, -0.1) is 0 Å². The molecular formula is C15H18N2O2. The van der Waals surface area contributed by atoms with Crippen molar-refractivity contribution < 1.29 is 9.53 Å². The first-order valence-corrected chi connectivity index (χ1v) is 6.33. The molecule has 1 heterocycles. The average Bonchev–Trinajstić information content (AvgIpc) is 2.81. The van der Waals surface area contributed by atoms with Gasteiger partial charge in [0.1, 0.15) is 0 Å². The van der Waals surface area contributed by atoms with Gasteiger partial charge in [-0.2, -0.15) is 0 Å². The van der Waals surface area contributed by atoms with Gasteiger partial charge < -0.3 is 15.0 Å². The van der Waals surface area contributed by atoms with Crippen LogP contribution in [0.3, 0.4) is 0 Å². The fourth-order valence-corrected chi connectivity index (χ4v) is 2.10. The zero-order chi connectivity index (χ0) is 13.8. The van der Waals surface area contributed by atoms with Crippen molar-refractivity contribution in [3.63, 3.8) is 0 Å². The molecule has 0 saturated carbocycles. The van der Waals surface area contributed by atoms with E-state index in [1.54, 1.807) is 13.0 Å². The maximum atomic E-state index is 12.0. The zero-order valence-corrected chi connectivity index (χ0v) is 11.2. The minimum atomic E-state index is -0.382. The summed E-state index contributed by atoms with van der Waals surface area (Å²) in [6.45, 7) is 4.14. The van der Waals surface area contributed by atoms with Crippen molar-refractivity contribution in [2.24, 2.45) is 0 Å². The standard InChI is InChI=1S/C15H18N2O2/c1-3-19-15(18)14-13(16)9-10-17(14)11(2)12-7-5-4-6-8-12/h4-11H,3,16H2,1-2H3. The van der Waals surface area contributed by atoms with E-state index in [4.69, 9.17) is 10.5 Å². The summed E-state index contributed by atoms with van der Waals surface area (Å²) in [5.74, 6) is -0.382. The predicted octanol–water partition coefficient (Wildman–Crippen LogP) is 2.86. The Morgan fingerprint density at radius 2 is 2.00 bits per heavy atom. The number of esters is 1. The maximum Gasteiger partial charge on any atom is 0.357 e. The van der Waals surface area contributed by atoms with Crippen LogP contribution in [0.25, 0.3) is 0 Å². The Balaban J connectivity index is 2.38. The van der Waals surface area contributed by atoms with Gasteiger partial charge in [-0.3, -0.25) is 0 Å². The second kappa shape index (κ2) is 5.61. The van der Waals surface area contributed by atoms with E-state index in [-0.39, 0.29) is 12.0 Å². The smallest absolute Gasteiger partial charge is 0.357 e. The molecule has 0 radical (unpaired) electrons. The van der Waals surface area contributed by atoms with Crippen LogP contribution in [0.15, 0.2) is 42.6 Å². The van der Waals surface area contributed by atoms with E-state index in [1.165, 1.54) is 0 Å². The lowest BCUT2D eigenvalue weighted by molar-refractivity contribution is 0.0514. The molecule has 2 N–H and O–H groups in total. The Kier molecular flexibility index (Phi) is 3.90. The monoisotopic (exact) mass is 258 g/mol. The predicted molar refractivity (Wildman–Crippen MR) is 75.1 cm³/mol. The Labute approximate surface area is 112 Å². The van der Waals surface area contributed by atoms with Crippen molar-refractivity contribution in [3.8, 4) is 0 Å². The molecule has 1 aromatic carbocycles. The number of nitrogens with two attached hydrogens (primary N) is 1. The molecule has 4 heteroatoms. The first-order chi connectivity index (χ1) is 9.15. The van der Waals surface area contributed by atoms with Crippen LogP contribution in [-0.4, -0.2) is 17.1 Å². The topological polar surface area (TPSA) is 57.2 Å². The van der Waals surface area contributed by atoms with Crippen LogP contribution < -0.4 is 5.73 Å². The largest absolute Gasteiger partial charge is 0.461 e. The second-order valence-corrected chi connectivity index (χ2v) is 4.33. The van der Waals surface area contributed by atoms with Gasteiger partial charge in [-0.1, -0.05) is 30.3 Å². The maximum absolute atomic E-state index is 12.0. The summed E-state index contributed by atoms with van der Waals surface area (Å²) in [5, 5.41) is 0. The quantitative estimate of drug-likeness (QED) is 0.858. The van der Waals surface area contributed by atoms with Crippen molar-refractivity contribution in [1.82, 2.24) is 4.57 Å². The lowest BCUT2D eigenvalue weighted by Gasteiger charge is -2.17. The highest BCUT2D eigenvalue weighted by Gasteiger charge is 2.20. The fraction of sp³-hybridized carbons (Fsp3) is 0.267. The molecule has 100 valence electrons. The number of benzene rings is 1. The molecule has 0 saturated heterocycles.